The fourth-order valence-corrected chi connectivity index (χ4v) is 6.62. The van der Waals surface area contributed by atoms with Crippen LogP contribution in [-0.4, -0.2) is 63.7 Å². The van der Waals surface area contributed by atoms with Crippen LogP contribution in [0.25, 0.3) is 10.8 Å². The first-order chi connectivity index (χ1) is 19.0. The number of hydrogen-bond donors (Lipinski definition) is 0. The summed E-state index contributed by atoms with van der Waals surface area (Å²) in [6, 6.07) is 15.6. The van der Waals surface area contributed by atoms with E-state index in [1.54, 1.807) is 17.2 Å². The van der Waals surface area contributed by atoms with Gasteiger partial charge in [-0.25, -0.2) is 4.68 Å². The molecule has 2 aromatic carbocycles. The lowest BCUT2D eigenvalue weighted by atomic mass is 9.73. The van der Waals surface area contributed by atoms with E-state index in [2.05, 4.69) is 22.1 Å². The molecule has 6 rings (SSSR count). The Morgan fingerprint density at radius 2 is 1.74 bits per heavy atom. The van der Waals surface area contributed by atoms with Gasteiger partial charge >= 0.3 is 0 Å². The van der Waals surface area contributed by atoms with Crippen molar-refractivity contribution in [2.45, 2.75) is 64.0 Å². The average molecular weight is 529 g/mol. The van der Waals surface area contributed by atoms with Gasteiger partial charge in [-0.2, -0.15) is 5.10 Å². The van der Waals surface area contributed by atoms with Gasteiger partial charge in [-0.3, -0.25) is 14.4 Å². The zero-order valence-corrected chi connectivity index (χ0v) is 22.4. The summed E-state index contributed by atoms with van der Waals surface area (Å²) in [4.78, 5) is 44.1. The second-order valence-electron chi connectivity index (χ2n) is 11.3. The Kier molecular flexibility index (Phi) is 7.11. The van der Waals surface area contributed by atoms with Crippen LogP contribution in [-0.2, 0) is 22.6 Å². The SMILES string of the molecule is O=C(Cn1ncc2ccccc2c1=O)N1CCC2(CCCCc3ccccc3OC[C@@H]3CCCN3C2=O)CC1. The van der Waals surface area contributed by atoms with Crippen LogP contribution < -0.4 is 10.3 Å². The summed E-state index contributed by atoms with van der Waals surface area (Å²) in [5.41, 5.74) is 0.532. The number of carbonyl (C=O) groups is 2. The van der Waals surface area contributed by atoms with E-state index < -0.39 is 5.41 Å². The number of rotatable bonds is 2. The molecule has 0 saturated carbocycles. The maximum Gasteiger partial charge on any atom is 0.275 e. The van der Waals surface area contributed by atoms with Gasteiger partial charge in [0.05, 0.1) is 23.0 Å². The van der Waals surface area contributed by atoms with Crippen LogP contribution in [0, 0.1) is 5.41 Å². The lowest BCUT2D eigenvalue weighted by molar-refractivity contribution is -0.150. The molecule has 2 fully saturated rings. The van der Waals surface area contributed by atoms with Crippen molar-refractivity contribution >= 4 is 22.6 Å². The van der Waals surface area contributed by atoms with Gasteiger partial charge in [0, 0.05) is 25.0 Å². The number of fused-ring (bicyclic) bond motifs is 3. The van der Waals surface area contributed by atoms with Gasteiger partial charge in [0.2, 0.25) is 11.8 Å². The minimum absolute atomic E-state index is 0.0877. The Balaban J connectivity index is 1.17. The number of aryl methyl sites for hydroxylation is 1. The third-order valence-electron chi connectivity index (χ3n) is 8.97. The minimum Gasteiger partial charge on any atom is -0.491 e. The lowest BCUT2D eigenvalue weighted by Crippen LogP contribution is -2.53. The molecule has 3 aliphatic rings. The highest BCUT2D eigenvalue weighted by Crippen LogP contribution is 2.41. The third-order valence-corrected chi connectivity index (χ3v) is 8.97. The van der Waals surface area contributed by atoms with Crippen LogP contribution in [0.15, 0.2) is 59.5 Å². The predicted molar refractivity (Wildman–Crippen MR) is 148 cm³/mol. The fraction of sp³-hybridized carbons (Fsp3) is 0.484. The highest BCUT2D eigenvalue weighted by molar-refractivity contribution is 5.84. The Bertz CT molecular complexity index is 1430. The molecule has 39 heavy (non-hydrogen) atoms. The molecule has 204 valence electrons. The summed E-state index contributed by atoms with van der Waals surface area (Å²) in [7, 11) is 0. The number of amides is 2. The Hall–Kier alpha value is -3.68. The van der Waals surface area contributed by atoms with Crippen LogP contribution in [0.3, 0.4) is 0 Å². The molecule has 0 bridgehead atoms. The van der Waals surface area contributed by atoms with Gasteiger partial charge in [0.15, 0.2) is 0 Å². The molecule has 3 aromatic rings. The molecule has 3 aliphatic heterocycles. The van der Waals surface area contributed by atoms with Gasteiger partial charge in [0.1, 0.15) is 18.9 Å². The van der Waals surface area contributed by atoms with Gasteiger partial charge in [0.25, 0.3) is 5.56 Å². The van der Waals surface area contributed by atoms with Crippen molar-refractivity contribution in [1.29, 1.82) is 0 Å². The molecule has 8 heteroatoms. The van der Waals surface area contributed by atoms with Gasteiger partial charge in [-0.05, 0) is 62.6 Å². The maximum atomic E-state index is 14.1. The van der Waals surface area contributed by atoms with Crippen molar-refractivity contribution in [3.8, 4) is 5.75 Å². The summed E-state index contributed by atoms with van der Waals surface area (Å²) >= 11 is 0. The van der Waals surface area contributed by atoms with Crippen molar-refractivity contribution < 1.29 is 14.3 Å². The molecule has 4 heterocycles. The van der Waals surface area contributed by atoms with Gasteiger partial charge < -0.3 is 14.5 Å². The van der Waals surface area contributed by atoms with Crippen LogP contribution in [0.1, 0.15) is 50.5 Å². The van der Waals surface area contributed by atoms with Crippen LogP contribution in [0.2, 0.25) is 0 Å². The number of piperidine rings is 1. The zero-order chi connectivity index (χ0) is 26.8. The van der Waals surface area contributed by atoms with Crippen molar-refractivity contribution in [2.24, 2.45) is 5.41 Å². The standard InChI is InChI=1S/C31H36N4O4/c36-28(21-35-29(37)26-12-3-1-10-24(26)20-32-35)33-18-15-31(16-19-33)14-6-5-9-23-8-2-4-13-27(23)39-22-25-11-7-17-34(25)30(31)38/h1-4,8,10,12-13,20,25H,5-7,9,11,14-19,21-22H2/t25-/m0/s1. The van der Waals surface area contributed by atoms with Crippen LogP contribution in [0.5, 0.6) is 5.75 Å². The number of hydrogen-bond acceptors (Lipinski definition) is 5. The summed E-state index contributed by atoms with van der Waals surface area (Å²) in [6.45, 7) is 2.25. The van der Waals surface area contributed by atoms with E-state index in [1.165, 1.54) is 10.2 Å². The molecular weight excluding hydrogens is 492 g/mol. The molecule has 1 atom stereocenters. The summed E-state index contributed by atoms with van der Waals surface area (Å²) in [5, 5.41) is 5.56. The summed E-state index contributed by atoms with van der Waals surface area (Å²) < 4.78 is 7.51. The predicted octanol–water partition coefficient (Wildman–Crippen LogP) is 3.80. The Morgan fingerprint density at radius 1 is 0.949 bits per heavy atom. The molecule has 0 N–H and O–H groups in total. The second kappa shape index (κ2) is 10.8. The molecule has 1 aromatic heterocycles. The quantitative estimate of drug-likeness (QED) is 0.505. The van der Waals surface area contributed by atoms with E-state index in [4.69, 9.17) is 4.74 Å². The van der Waals surface area contributed by atoms with Gasteiger partial charge in [-0.15, -0.1) is 0 Å². The maximum absolute atomic E-state index is 14.1. The number of ether oxygens (including phenoxy) is 1. The molecule has 0 aliphatic carbocycles. The number of aromatic nitrogens is 2. The number of carbonyl (C=O) groups excluding carboxylic acids is 2. The van der Waals surface area contributed by atoms with Crippen molar-refractivity contribution in [1.82, 2.24) is 19.6 Å². The van der Waals surface area contributed by atoms with Gasteiger partial charge in [-0.1, -0.05) is 42.8 Å². The smallest absolute Gasteiger partial charge is 0.275 e. The van der Waals surface area contributed by atoms with Crippen molar-refractivity contribution in [3.63, 3.8) is 0 Å². The number of benzene rings is 2. The normalized spacial score (nSPS) is 21.5. The monoisotopic (exact) mass is 528 g/mol. The molecule has 1 spiro atoms. The molecule has 2 amide bonds. The first-order valence-corrected chi connectivity index (χ1v) is 14.3. The van der Waals surface area contributed by atoms with Crippen molar-refractivity contribution in [3.05, 3.63) is 70.6 Å². The molecule has 0 unspecified atom stereocenters. The third kappa shape index (κ3) is 5.04. The van der Waals surface area contributed by atoms with E-state index in [0.29, 0.717) is 37.9 Å². The minimum atomic E-state index is -0.448. The molecular formula is C31H36N4O4. The number of nitrogens with zero attached hydrogens (tertiary/aromatic N) is 4. The first-order valence-electron chi connectivity index (χ1n) is 14.3. The summed E-state index contributed by atoms with van der Waals surface area (Å²) in [5.74, 6) is 1.06. The second-order valence-corrected chi connectivity index (χ2v) is 11.3. The molecule has 0 radical (unpaired) electrons. The zero-order valence-electron chi connectivity index (χ0n) is 22.4. The van der Waals surface area contributed by atoms with Crippen LogP contribution in [0.4, 0.5) is 0 Å². The lowest BCUT2D eigenvalue weighted by Gasteiger charge is -2.44. The first kappa shape index (κ1) is 25.6. The molecule has 8 nitrogen and oxygen atoms in total. The number of likely N-dealkylation sites (tertiary alicyclic amines) is 1. The van der Waals surface area contributed by atoms with E-state index in [-0.39, 0.29) is 30.0 Å². The highest BCUT2D eigenvalue weighted by Gasteiger charge is 2.46. The Labute approximate surface area is 228 Å². The molecule has 2 saturated heterocycles. The number of para-hydroxylation sites is 1. The van der Waals surface area contributed by atoms with Crippen molar-refractivity contribution in [2.75, 3.05) is 26.2 Å². The Morgan fingerprint density at radius 3 is 2.62 bits per heavy atom. The highest BCUT2D eigenvalue weighted by atomic mass is 16.5. The largest absolute Gasteiger partial charge is 0.491 e. The van der Waals surface area contributed by atoms with E-state index in [1.807, 2.05) is 30.3 Å². The summed E-state index contributed by atoms with van der Waals surface area (Å²) in [6.07, 6.45) is 8.63. The average Bonchev–Trinajstić information content (AvgIpc) is 3.44. The van der Waals surface area contributed by atoms with E-state index in [9.17, 15) is 14.4 Å². The van der Waals surface area contributed by atoms with E-state index in [0.717, 1.165) is 56.2 Å². The fourth-order valence-electron chi connectivity index (χ4n) is 6.62. The van der Waals surface area contributed by atoms with Crippen LogP contribution >= 0.6 is 0 Å². The van der Waals surface area contributed by atoms with E-state index >= 15 is 0 Å². The topological polar surface area (TPSA) is 84.7 Å².